The van der Waals surface area contributed by atoms with E-state index in [4.69, 9.17) is 16.3 Å². The molecule has 1 N–H and O–H groups in total. The van der Waals surface area contributed by atoms with Crippen molar-refractivity contribution in [2.24, 2.45) is 0 Å². The molecule has 0 aliphatic heterocycles. The van der Waals surface area contributed by atoms with E-state index in [9.17, 15) is 4.79 Å². The Morgan fingerprint density at radius 3 is 2.37 bits per heavy atom. The van der Waals surface area contributed by atoms with Crippen LogP contribution in [0.1, 0.15) is 45.2 Å². The smallest absolute Gasteiger partial charge is 0.248 e. The maximum Gasteiger partial charge on any atom is 0.248 e. The molecule has 0 radical (unpaired) electrons. The quantitative estimate of drug-likeness (QED) is 0.468. The molecule has 162 valence electrons. The lowest BCUT2D eigenvalue weighted by Gasteiger charge is -2.30. The van der Waals surface area contributed by atoms with Crippen molar-refractivity contribution in [3.8, 4) is 5.75 Å². The van der Waals surface area contributed by atoms with Crippen LogP contribution in [0.2, 0.25) is 5.02 Å². The third-order valence-corrected chi connectivity index (χ3v) is 5.29. The number of carbonyl (C=O) groups is 1. The summed E-state index contributed by atoms with van der Waals surface area (Å²) in [5.41, 5.74) is 2.79. The van der Waals surface area contributed by atoms with Crippen molar-refractivity contribution in [1.29, 1.82) is 0 Å². The summed E-state index contributed by atoms with van der Waals surface area (Å²) in [6.07, 6.45) is 5.21. The number of halogens is 1. The van der Waals surface area contributed by atoms with E-state index in [2.05, 4.69) is 37.9 Å². The van der Waals surface area contributed by atoms with Crippen LogP contribution in [0.3, 0.4) is 0 Å². The highest BCUT2D eigenvalue weighted by molar-refractivity contribution is 6.30. The molecule has 0 atom stereocenters. The highest BCUT2D eigenvalue weighted by Gasteiger charge is 2.13. The molecule has 0 unspecified atom stereocenters. The molecule has 0 aromatic heterocycles. The van der Waals surface area contributed by atoms with Crippen molar-refractivity contribution in [2.75, 3.05) is 19.0 Å². The molecule has 2 aromatic rings. The van der Waals surface area contributed by atoms with E-state index < -0.39 is 0 Å². The number of amides is 1. The minimum absolute atomic E-state index is 0.174. The third kappa shape index (κ3) is 7.51. The Hall–Kier alpha value is -2.30. The largest absolute Gasteiger partial charge is 0.496 e. The fourth-order valence-electron chi connectivity index (χ4n) is 3.55. The summed E-state index contributed by atoms with van der Waals surface area (Å²) in [4.78, 5) is 14.8. The Morgan fingerprint density at radius 1 is 1.10 bits per heavy atom. The fourth-order valence-corrected chi connectivity index (χ4v) is 3.67. The number of hydrogen-bond donors (Lipinski definition) is 1. The lowest BCUT2D eigenvalue weighted by molar-refractivity contribution is -0.111. The first-order valence-corrected chi connectivity index (χ1v) is 10.8. The summed E-state index contributed by atoms with van der Waals surface area (Å²) in [6, 6.07) is 14.2. The zero-order valence-electron chi connectivity index (χ0n) is 18.6. The molecule has 4 nitrogen and oxygen atoms in total. The van der Waals surface area contributed by atoms with E-state index >= 15 is 0 Å². The van der Waals surface area contributed by atoms with Crippen molar-refractivity contribution in [1.82, 2.24) is 4.90 Å². The van der Waals surface area contributed by atoms with Gasteiger partial charge in [-0.05, 0) is 94.6 Å². The first kappa shape index (κ1) is 24.0. The number of nitrogens with one attached hydrogen (secondary N) is 1. The standard InChI is InChI=1S/C25H33ClN2O2/c1-18(2)28(19(3)4)16-6-7-21-17-23(13-14-24(21)30-5)27-25(29)15-10-20-8-11-22(26)12-9-20/h8-15,17-19H,6-7,16H2,1-5H3,(H,27,29). The zero-order valence-corrected chi connectivity index (χ0v) is 19.4. The van der Waals surface area contributed by atoms with Crippen molar-refractivity contribution >= 4 is 29.3 Å². The molecule has 0 aliphatic carbocycles. The monoisotopic (exact) mass is 428 g/mol. The van der Waals surface area contributed by atoms with Gasteiger partial charge in [-0.2, -0.15) is 0 Å². The van der Waals surface area contributed by atoms with E-state index in [1.807, 2.05) is 30.3 Å². The lowest BCUT2D eigenvalue weighted by atomic mass is 10.1. The van der Waals surface area contributed by atoms with Crippen LogP contribution in [0.25, 0.3) is 6.08 Å². The molecule has 30 heavy (non-hydrogen) atoms. The molecule has 0 saturated carbocycles. The number of rotatable bonds is 10. The van der Waals surface area contributed by atoms with Gasteiger partial charge in [-0.25, -0.2) is 0 Å². The van der Waals surface area contributed by atoms with E-state index in [0.717, 1.165) is 42.0 Å². The average molecular weight is 429 g/mol. The van der Waals surface area contributed by atoms with Gasteiger partial charge in [0.25, 0.3) is 0 Å². The molecule has 0 heterocycles. The van der Waals surface area contributed by atoms with Gasteiger partial charge in [0, 0.05) is 28.9 Å². The summed E-state index contributed by atoms with van der Waals surface area (Å²) in [5.74, 6) is 0.678. The van der Waals surface area contributed by atoms with Gasteiger partial charge in [0.2, 0.25) is 5.91 Å². The van der Waals surface area contributed by atoms with Gasteiger partial charge in [0.05, 0.1) is 7.11 Å². The van der Waals surface area contributed by atoms with Crippen molar-refractivity contribution < 1.29 is 9.53 Å². The molecule has 5 heteroatoms. The predicted molar refractivity (Wildman–Crippen MR) is 127 cm³/mol. The summed E-state index contributed by atoms with van der Waals surface area (Å²) >= 11 is 5.89. The number of anilines is 1. The minimum atomic E-state index is -0.174. The summed E-state index contributed by atoms with van der Waals surface area (Å²) < 4.78 is 5.52. The van der Waals surface area contributed by atoms with E-state index in [1.54, 1.807) is 25.3 Å². The molecule has 0 aliphatic rings. The SMILES string of the molecule is COc1ccc(NC(=O)C=Cc2ccc(Cl)cc2)cc1CCCN(C(C)C)C(C)C. The van der Waals surface area contributed by atoms with Gasteiger partial charge in [0.1, 0.15) is 5.75 Å². The molecule has 1 amide bonds. The molecule has 2 rings (SSSR count). The van der Waals surface area contributed by atoms with Crippen LogP contribution in [0.5, 0.6) is 5.75 Å². The molecular formula is C25H33ClN2O2. The number of hydrogen-bond acceptors (Lipinski definition) is 3. The number of methoxy groups -OCH3 is 1. The van der Waals surface area contributed by atoms with Crippen molar-refractivity contribution in [3.63, 3.8) is 0 Å². The van der Waals surface area contributed by atoms with Crippen LogP contribution in [0.4, 0.5) is 5.69 Å². The number of ether oxygens (including phenoxy) is 1. The summed E-state index contributed by atoms with van der Waals surface area (Å²) in [7, 11) is 1.68. The Balaban J connectivity index is 2.00. The highest BCUT2D eigenvalue weighted by Crippen LogP contribution is 2.24. The van der Waals surface area contributed by atoms with Gasteiger partial charge in [0.15, 0.2) is 0 Å². The Kier molecular flexibility index (Phi) is 9.41. The zero-order chi connectivity index (χ0) is 22.1. The number of nitrogens with zero attached hydrogens (tertiary/aromatic N) is 1. The third-order valence-electron chi connectivity index (χ3n) is 5.03. The van der Waals surface area contributed by atoms with Crippen LogP contribution < -0.4 is 10.1 Å². The predicted octanol–water partition coefficient (Wildman–Crippen LogP) is 6.05. The fraction of sp³-hybridized carbons (Fsp3) is 0.400. The van der Waals surface area contributed by atoms with Gasteiger partial charge in [-0.15, -0.1) is 0 Å². The first-order chi connectivity index (χ1) is 14.3. The molecule has 0 saturated heterocycles. The normalized spacial score (nSPS) is 11.6. The van der Waals surface area contributed by atoms with Crippen LogP contribution in [-0.4, -0.2) is 36.5 Å². The lowest BCUT2D eigenvalue weighted by Crippen LogP contribution is -2.37. The second-order valence-corrected chi connectivity index (χ2v) is 8.37. The van der Waals surface area contributed by atoms with Gasteiger partial charge in [-0.1, -0.05) is 23.7 Å². The van der Waals surface area contributed by atoms with Gasteiger partial charge < -0.3 is 10.1 Å². The summed E-state index contributed by atoms with van der Waals surface area (Å²) in [6.45, 7) is 9.95. The van der Waals surface area contributed by atoms with E-state index in [-0.39, 0.29) is 5.91 Å². The number of carbonyl (C=O) groups excluding carboxylic acids is 1. The maximum atomic E-state index is 12.3. The topological polar surface area (TPSA) is 41.6 Å². The Labute approximate surface area is 185 Å². The van der Waals surface area contributed by atoms with Crippen LogP contribution in [-0.2, 0) is 11.2 Å². The van der Waals surface area contributed by atoms with Crippen molar-refractivity contribution in [2.45, 2.75) is 52.6 Å². The van der Waals surface area contributed by atoms with E-state index in [1.165, 1.54) is 6.08 Å². The van der Waals surface area contributed by atoms with Gasteiger partial charge >= 0.3 is 0 Å². The Morgan fingerprint density at radius 2 is 1.77 bits per heavy atom. The van der Waals surface area contributed by atoms with E-state index in [0.29, 0.717) is 17.1 Å². The van der Waals surface area contributed by atoms with Crippen LogP contribution >= 0.6 is 11.6 Å². The molecular weight excluding hydrogens is 396 g/mol. The first-order valence-electron chi connectivity index (χ1n) is 10.5. The average Bonchev–Trinajstić information content (AvgIpc) is 2.70. The Bertz CT molecular complexity index is 837. The highest BCUT2D eigenvalue weighted by atomic mass is 35.5. The van der Waals surface area contributed by atoms with Crippen molar-refractivity contribution in [3.05, 3.63) is 64.7 Å². The second kappa shape index (κ2) is 11.8. The number of aryl methyl sites for hydroxylation is 1. The molecule has 2 aromatic carbocycles. The molecule has 0 spiro atoms. The second-order valence-electron chi connectivity index (χ2n) is 7.93. The van der Waals surface area contributed by atoms with Gasteiger partial charge in [-0.3, -0.25) is 9.69 Å². The van der Waals surface area contributed by atoms with Crippen LogP contribution in [0, 0.1) is 0 Å². The summed E-state index contributed by atoms with van der Waals surface area (Å²) in [5, 5.41) is 3.61. The molecule has 0 fully saturated rings. The van der Waals surface area contributed by atoms with Crippen LogP contribution in [0.15, 0.2) is 48.5 Å². The number of benzene rings is 2. The molecule has 0 bridgehead atoms. The maximum absolute atomic E-state index is 12.3. The minimum Gasteiger partial charge on any atom is -0.496 e.